The van der Waals surface area contributed by atoms with Crippen molar-refractivity contribution >= 4 is 11.9 Å². The molecule has 0 saturated heterocycles. The Hall–Kier alpha value is -1.06. The molecule has 42 heavy (non-hydrogen) atoms. The minimum absolute atomic E-state index is 0.171. The second kappa shape index (κ2) is 34.4. The summed E-state index contributed by atoms with van der Waals surface area (Å²) >= 11 is 0. The fourth-order valence-electron chi connectivity index (χ4n) is 5.74. The minimum Gasteiger partial charge on any atom is -0.466 e. The highest BCUT2D eigenvalue weighted by Crippen LogP contribution is 2.19. The summed E-state index contributed by atoms with van der Waals surface area (Å²) < 4.78 is 11.1. The van der Waals surface area contributed by atoms with Crippen molar-refractivity contribution in [1.29, 1.82) is 0 Å². The van der Waals surface area contributed by atoms with Gasteiger partial charge < -0.3 is 9.47 Å². The lowest BCUT2D eigenvalue weighted by Crippen LogP contribution is -2.23. The summed E-state index contributed by atoms with van der Waals surface area (Å²) in [6.07, 6.45) is 36.3. The van der Waals surface area contributed by atoms with E-state index in [9.17, 15) is 9.59 Å². The minimum atomic E-state index is -0.353. The second-order valence-electron chi connectivity index (χ2n) is 12.9. The van der Waals surface area contributed by atoms with Crippen LogP contribution in [0.4, 0.5) is 0 Å². The van der Waals surface area contributed by atoms with Crippen LogP contribution in [-0.4, -0.2) is 25.2 Å². The van der Waals surface area contributed by atoms with Gasteiger partial charge in [-0.25, -0.2) is 0 Å². The summed E-state index contributed by atoms with van der Waals surface area (Å²) in [6.45, 7) is 7.68. The molecule has 0 aromatic carbocycles. The first-order valence-electron chi connectivity index (χ1n) is 19.0. The molecule has 0 rings (SSSR count). The molecule has 0 heterocycles. The van der Waals surface area contributed by atoms with Crippen molar-refractivity contribution < 1.29 is 19.1 Å². The Bertz CT molecular complexity index is 561. The molecule has 0 aromatic heterocycles. The summed E-state index contributed by atoms with van der Waals surface area (Å²) in [6, 6.07) is 0. The van der Waals surface area contributed by atoms with Crippen LogP contribution in [0.2, 0.25) is 0 Å². The quantitative estimate of drug-likeness (QED) is 0.0549. The van der Waals surface area contributed by atoms with Crippen LogP contribution in [0.25, 0.3) is 0 Å². The number of ether oxygens (including phenoxy) is 2. The van der Waals surface area contributed by atoms with E-state index in [4.69, 9.17) is 9.47 Å². The Morgan fingerprint density at radius 2 is 0.714 bits per heavy atom. The van der Waals surface area contributed by atoms with Gasteiger partial charge in [0.2, 0.25) is 0 Å². The van der Waals surface area contributed by atoms with Gasteiger partial charge in [0, 0.05) is 0 Å². The Labute approximate surface area is 263 Å². The molecule has 0 aromatic rings. The van der Waals surface area contributed by atoms with Crippen molar-refractivity contribution in [2.24, 2.45) is 5.92 Å². The van der Waals surface area contributed by atoms with E-state index in [0.717, 1.165) is 44.9 Å². The van der Waals surface area contributed by atoms with E-state index in [1.54, 1.807) is 0 Å². The predicted molar refractivity (Wildman–Crippen MR) is 181 cm³/mol. The number of rotatable bonds is 34. The van der Waals surface area contributed by atoms with Crippen LogP contribution in [0.3, 0.4) is 0 Å². The van der Waals surface area contributed by atoms with Gasteiger partial charge >= 0.3 is 11.9 Å². The maximum absolute atomic E-state index is 12.9. The normalized spacial score (nSPS) is 12.0. The first kappa shape index (κ1) is 40.9. The summed E-state index contributed by atoms with van der Waals surface area (Å²) in [5.41, 5.74) is 0. The molecule has 4 heteroatoms. The molecule has 1 unspecified atom stereocenters. The third-order valence-electron chi connectivity index (χ3n) is 8.66. The van der Waals surface area contributed by atoms with Crippen molar-refractivity contribution in [2.75, 3.05) is 13.2 Å². The van der Waals surface area contributed by atoms with Gasteiger partial charge in [0.05, 0.1) is 25.6 Å². The summed E-state index contributed by atoms with van der Waals surface area (Å²) in [5.74, 6) is -0.781. The zero-order valence-electron chi connectivity index (χ0n) is 28.8. The molecule has 0 radical (unpaired) electrons. The van der Waals surface area contributed by atoms with E-state index < -0.39 is 0 Å². The first-order chi connectivity index (χ1) is 20.7. The van der Waals surface area contributed by atoms with Crippen molar-refractivity contribution in [3.63, 3.8) is 0 Å². The summed E-state index contributed by atoms with van der Waals surface area (Å²) in [4.78, 5) is 25.4. The molecule has 1 atom stereocenters. The standard InChI is InChI=1S/C38H74O4/c1-4-7-10-13-16-17-18-19-20-21-22-23-24-25-26-29-32-36(38(40)42-34-31-28-15-12-9-6-3)35-37(39)41-33-30-27-14-11-8-5-2/h36H,4-35H2,1-3H3. The number of hydrogen-bond acceptors (Lipinski definition) is 4. The van der Waals surface area contributed by atoms with Crippen LogP contribution in [0, 0.1) is 5.92 Å². The van der Waals surface area contributed by atoms with Crippen LogP contribution in [0.5, 0.6) is 0 Å². The molecular formula is C38H74O4. The van der Waals surface area contributed by atoms with E-state index >= 15 is 0 Å². The first-order valence-corrected chi connectivity index (χ1v) is 19.0. The fourth-order valence-corrected chi connectivity index (χ4v) is 5.74. The molecule has 250 valence electrons. The van der Waals surface area contributed by atoms with Gasteiger partial charge in [0.1, 0.15) is 0 Å². The Kier molecular flexibility index (Phi) is 33.6. The molecule has 0 bridgehead atoms. The molecule has 0 N–H and O–H groups in total. The average molecular weight is 595 g/mol. The number of carbonyl (C=O) groups is 2. The largest absolute Gasteiger partial charge is 0.466 e. The van der Waals surface area contributed by atoms with Crippen LogP contribution < -0.4 is 0 Å². The van der Waals surface area contributed by atoms with Gasteiger partial charge in [0.15, 0.2) is 0 Å². The van der Waals surface area contributed by atoms with Crippen LogP contribution in [0.15, 0.2) is 0 Å². The monoisotopic (exact) mass is 595 g/mol. The van der Waals surface area contributed by atoms with E-state index in [1.807, 2.05) is 0 Å². The third kappa shape index (κ3) is 30.4. The zero-order valence-corrected chi connectivity index (χ0v) is 28.8. The Balaban J connectivity index is 4.08. The van der Waals surface area contributed by atoms with Crippen molar-refractivity contribution in [3.05, 3.63) is 0 Å². The highest BCUT2D eigenvalue weighted by molar-refractivity contribution is 5.79. The van der Waals surface area contributed by atoms with Gasteiger partial charge in [-0.2, -0.15) is 0 Å². The topological polar surface area (TPSA) is 52.6 Å². The van der Waals surface area contributed by atoms with E-state index in [0.29, 0.717) is 13.2 Å². The van der Waals surface area contributed by atoms with Crippen LogP contribution in [-0.2, 0) is 19.1 Å². The van der Waals surface area contributed by atoms with Gasteiger partial charge in [-0.15, -0.1) is 0 Å². The van der Waals surface area contributed by atoms with Gasteiger partial charge in [-0.3, -0.25) is 9.59 Å². The SMILES string of the molecule is CCCCCCCCCCCCCCCCCCC(CC(=O)OCCCCCCCC)C(=O)OCCCCCCCC. The number of carbonyl (C=O) groups excluding carboxylic acids is 2. The zero-order chi connectivity index (χ0) is 30.8. The smallest absolute Gasteiger partial charge is 0.309 e. The molecule has 0 aliphatic heterocycles. The molecule has 0 aliphatic rings. The van der Waals surface area contributed by atoms with E-state index in [-0.39, 0.29) is 24.3 Å². The molecule has 0 saturated carbocycles. The molecule has 0 amide bonds. The Morgan fingerprint density at radius 3 is 1.10 bits per heavy atom. The molecule has 4 nitrogen and oxygen atoms in total. The third-order valence-corrected chi connectivity index (χ3v) is 8.66. The lowest BCUT2D eigenvalue weighted by atomic mass is 9.97. The molecule has 0 fully saturated rings. The highest BCUT2D eigenvalue weighted by Gasteiger charge is 2.24. The lowest BCUT2D eigenvalue weighted by Gasteiger charge is -2.16. The predicted octanol–water partition coefficient (Wildman–Crippen LogP) is 12.5. The maximum atomic E-state index is 12.9. The van der Waals surface area contributed by atoms with Gasteiger partial charge in [-0.05, 0) is 19.3 Å². The van der Waals surface area contributed by atoms with E-state index in [1.165, 1.54) is 141 Å². The molecule has 0 aliphatic carbocycles. The maximum Gasteiger partial charge on any atom is 0.309 e. The molecular weight excluding hydrogens is 520 g/mol. The number of unbranched alkanes of at least 4 members (excludes halogenated alkanes) is 25. The average Bonchev–Trinajstić information content (AvgIpc) is 2.99. The fraction of sp³-hybridized carbons (Fsp3) is 0.947. The summed E-state index contributed by atoms with van der Waals surface area (Å²) in [5, 5.41) is 0. The van der Waals surface area contributed by atoms with E-state index in [2.05, 4.69) is 20.8 Å². The van der Waals surface area contributed by atoms with Crippen molar-refractivity contribution in [2.45, 2.75) is 213 Å². The highest BCUT2D eigenvalue weighted by atomic mass is 16.5. The molecule has 0 spiro atoms. The van der Waals surface area contributed by atoms with Crippen LogP contribution in [0.1, 0.15) is 213 Å². The van der Waals surface area contributed by atoms with Gasteiger partial charge in [0.25, 0.3) is 0 Å². The van der Waals surface area contributed by atoms with Crippen molar-refractivity contribution in [1.82, 2.24) is 0 Å². The van der Waals surface area contributed by atoms with Crippen molar-refractivity contribution in [3.8, 4) is 0 Å². The van der Waals surface area contributed by atoms with Gasteiger partial charge in [-0.1, -0.05) is 188 Å². The number of hydrogen-bond donors (Lipinski definition) is 0. The van der Waals surface area contributed by atoms with Crippen LogP contribution >= 0.6 is 0 Å². The lowest BCUT2D eigenvalue weighted by molar-refractivity contribution is -0.155. The Morgan fingerprint density at radius 1 is 0.405 bits per heavy atom. The number of esters is 2. The summed E-state index contributed by atoms with van der Waals surface area (Å²) in [7, 11) is 0. The second-order valence-corrected chi connectivity index (χ2v) is 12.9.